The van der Waals surface area contributed by atoms with Crippen LogP contribution in [-0.2, 0) is 9.59 Å². The quantitative estimate of drug-likeness (QED) is 0.355. The molecule has 0 spiro atoms. The van der Waals surface area contributed by atoms with E-state index in [4.69, 9.17) is 0 Å². The maximum Gasteiger partial charge on any atom is 0.314 e. The molecule has 20 heavy (non-hydrogen) atoms. The third kappa shape index (κ3) is 5.36. The smallest absolute Gasteiger partial charge is 0.314 e. The molecule has 7 heteroatoms. The van der Waals surface area contributed by atoms with E-state index in [9.17, 15) is 14.7 Å². The van der Waals surface area contributed by atoms with Gasteiger partial charge in [-0.3, -0.25) is 9.59 Å². The lowest BCUT2D eigenvalue weighted by atomic mass is 9.66. The first-order chi connectivity index (χ1) is 9.28. The molecule has 0 saturated heterocycles. The second kappa shape index (κ2) is 8.63. The van der Waals surface area contributed by atoms with Crippen LogP contribution in [0.2, 0.25) is 0 Å². The molecule has 1 rings (SSSR count). The highest BCUT2D eigenvalue weighted by molar-refractivity contribution is 9.25. The van der Waals surface area contributed by atoms with Crippen molar-refractivity contribution in [2.45, 2.75) is 52.4 Å². The van der Waals surface area contributed by atoms with Crippen LogP contribution in [0.3, 0.4) is 0 Å². The number of halogens is 4. The molecule has 0 aromatic rings. The minimum absolute atomic E-state index is 0.0373. The number of carboxylic acids is 1. The summed E-state index contributed by atoms with van der Waals surface area (Å²) < 4.78 is -0.125. The van der Waals surface area contributed by atoms with Crippen molar-refractivity contribution in [2.75, 3.05) is 0 Å². The summed E-state index contributed by atoms with van der Waals surface area (Å²) in [4.78, 5) is 24.3. The maximum absolute atomic E-state index is 12.9. The Morgan fingerprint density at radius 2 is 1.55 bits per heavy atom. The van der Waals surface area contributed by atoms with Gasteiger partial charge < -0.3 is 5.11 Å². The van der Waals surface area contributed by atoms with Crippen LogP contribution >= 0.6 is 63.7 Å². The molecule has 1 atom stereocenters. The van der Waals surface area contributed by atoms with Crippen LogP contribution in [0.15, 0.2) is 0 Å². The van der Waals surface area contributed by atoms with Crippen LogP contribution in [0.25, 0.3) is 0 Å². The van der Waals surface area contributed by atoms with E-state index in [0.717, 1.165) is 32.1 Å². The van der Waals surface area contributed by atoms with Crippen molar-refractivity contribution < 1.29 is 14.7 Å². The molecular formula is C13H18Br4O3. The summed E-state index contributed by atoms with van der Waals surface area (Å²) in [6.07, 6.45) is 5.61. The van der Waals surface area contributed by atoms with Crippen LogP contribution in [0.1, 0.15) is 44.9 Å². The zero-order valence-electron chi connectivity index (χ0n) is 11.0. The van der Waals surface area contributed by atoms with Crippen molar-refractivity contribution in [3.05, 3.63) is 0 Å². The summed E-state index contributed by atoms with van der Waals surface area (Å²) in [7, 11) is 0. The molecule has 0 aliphatic heterocycles. The Bertz CT molecular complexity index is 352. The van der Waals surface area contributed by atoms with Crippen molar-refractivity contribution in [3.63, 3.8) is 0 Å². The van der Waals surface area contributed by atoms with E-state index >= 15 is 0 Å². The predicted octanol–water partition coefficient (Wildman–Crippen LogP) is 5.22. The fraction of sp³-hybridized carbons (Fsp3) is 0.846. The van der Waals surface area contributed by atoms with Crippen molar-refractivity contribution in [1.82, 2.24) is 0 Å². The minimum Gasteiger partial charge on any atom is -0.481 e. The van der Waals surface area contributed by atoms with Crippen molar-refractivity contribution in [2.24, 2.45) is 11.3 Å². The molecule has 1 unspecified atom stereocenters. The van der Waals surface area contributed by atoms with Gasteiger partial charge in [-0.1, -0.05) is 83.0 Å². The third-order valence-electron chi connectivity index (χ3n) is 3.91. The second-order valence-electron chi connectivity index (χ2n) is 5.32. The lowest BCUT2D eigenvalue weighted by Crippen LogP contribution is -2.42. The molecule has 0 aromatic carbocycles. The Kier molecular flexibility index (Phi) is 8.24. The van der Waals surface area contributed by atoms with Gasteiger partial charge in [0.2, 0.25) is 0 Å². The highest BCUT2D eigenvalue weighted by Gasteiger charge is 2.45. The topological polar surface area (TPSA) is 54.4 Å². The van der Waals surface area contributed by atoms with Crippen molar-refractivity contribution in [1.29, 1.82) is 0 Å². The Balaban J connectivity index is 2.98. The van der Waals surface area contributed by atoms with E-state index in [0.29, 0.717) is 6.42 Å². The van der Waals surface area contributed by atoms with Gasteiger partial charge in [0.15, 0.2) is 5.78 Å². The number of hydrogen-bond acceptors (Lipinski definition) is 2. The number of alkyl halides is 4. The zero-order valence-corrected chi connectivity index (χ0v) is 17.3. The van der Waals surface area contributed by atoms with E-state index < -0.39 is 17.3 Å². The molecule has 0 heterocycles. The number of ketones is 1. The zero-order chi connectivity index (χ0) is 15.3. The predicted molar refractivity (Wildman–Crippen MR) is 94.2 cm³/mol. The molecule has 116 valence electrons. The molecule has 1 saturated carbocycles. The first-order valence-electron chi connectivity index (χ1n) is 6.62. The van der Waals surface area contributed by atoms with Crippen molar-refractivity contribution >= 4 is 75.5 Å². The summed E-state index contributed by atoms with van der Waals surface area (Å²) in [5, 5.41) is 9.39. The molecule has 0 bridgehead atoms. The minimum atomic E-state index is -1.02. The van der Waals surface area contributed by atoms with E-state index in [-0.39, 0.29) is 19.7 Å². The number of carbonyl (C=O) groups excluding carboxylic acids is 1. The monoisotopic (exact) mass is 538 g/mol. The van der Waals surface area contributed by atoms with Gasteiger partial charge in [-0.05, 0) is 25.7 Å². The molecule has 0 aromatic heterocycles. The van der Waals surface area contributed by atoms with Gasteiger partial charge in [0.25, 0.3) is 0 Å². The lowest BCUT2D eigenvalue weighted by molar-refractivity contribution is -0.151. The van der Waals surface area contributed by atoms with Gasteiger partial charge in [-0.15, -0.1) is 0 Å². The Morgan fingerprint density at radius 3 is 1.95 bits per heavy atom. The van der Waals surface area contributed by atoms with Gasteiger partial charge >= 0.3 is 5.97 Å². The van der Waals surface area contributed by atoms with Gasteiger partial charge in [0.05, 0.1) is 7.47 Å². The molecule has 1 fully saturated rings. The van der Waals surface area contributed by atoms with Crippen LogP contribution in [0.4, 0.5) is 0 Å². The van der Waals surface area contributed by atoms with Gasteiger partial charge in [-0.25, -0.2) is 0 Å². The number of rotatable bonds is 7. The van der Waals surface area contributed by atoms with E-state index in [1.807, 2.05) is 0 Å². The molecule has 0 radical (unpaired) electrons. The first-order valence-corrected chi connectivity index (χ1v) is 10.3. The van der Waals surface area contributed by atoms with Crippen LogP contribution < -0.4 is 0 Å². The summed E-state index contributed by atoms with van der Waals surface area (Å²) in [5.74, 6) is -2.09. The molecule has 1 aliphatic carbocycles. The van der Waals surface area contributed by atoms with Crippen LogP contribution in [0, 0.1) is 11.3 Å². The van der Waals surface area contributed by atoms with E-state index in [1.165, 1.54) is 0 Å². The number of carboxylic acid groups (broad SMARTS) is 1. The second-order valence-corrected chi connectivity index (χ2v) is 12.2. The van der Waals surface area contributed by atoms with Crippen molar-refractivity contribution in [3.8, 4) is 0 Å². The number of hydrogen-bond donors (Lipinski definition) is 1. The van der Waals surface area contributed by atoms with Crippen LogP contribution in [0.5, 0.6) is 0 Å². The standard InChI is InChI=1S/C13H18Br4O3/c14-9(15)6-8(12(19)20)11(18)13(7-10(16)17)4-2-1-3-5-13/h8-10H,1-7H2,(H,19,20). The average molecular weight is 542 g/mol. The van der Waals surface area contributed by atoms with E-state index in [1.54, 1.807) is 0 Å². The highest BCUT2D eigenvalue weighted by Crippen LogP contribution is 2.45. The number of aliphatic carboxylic acids is 1. The Labute approximate surface area is 153 Å². The lowest BCUT2D eigenvalue weighted by Gasteiger charge is -2.38. The Morgan fingerprint density at radius 1 is 1.00 bits per heavy atom. The highest BCUT2D eigenvalue weighted by atomic mass is 79.9. The fourth-order valence-corrected chi connectivity index (χ4v) is 4.93. The summed E-state index contributed by atoms with van der Waals surface area (Å²) >= 11 is 13.5. The molecule has 1 N–H and O–H groups in total. The molecule has 3 nitrogen and oxygen atoms in total. The van der Waals surface area contributed by atoms with Crippen LogP contribution in [-0.4, -0.2) is 24.3 Å². The largest absolute Gasteiger partial charge is 0.481 e. The Hall–Kier alpha value is 1.06. The number of Topliss-reactive ketones (excluding diaryl/α,β-unsaturated/α-hetero) is 1. The maximum atomic E-state index is 12.9. The molecular weight excluding hydrogens is 524 g/mol. The summed E-state index contributed by atoms with van der Waals surface area (Å²) in [6.45, 7) is 0. The molecule has 1 aliphatic rings. The average Bonchev–Trinajstić information content (AvgIpc) is 2.35. The third-order valence-corrected chi connectivity index (χ3v) is 5.30. The SMILES string of the molecule is O=C(O)C(CC(Br)Br)C(=O)C1(CC(Br)Br)CCCCC1. The fourth-order valence-electron chi connectivity index (χ4n) is 2.94. The van der Waals surface area contributed by atoms with E-state index in [2.05, 4.69) is 63.7 Å². The first kappa shape index (κ1) is 19.1. The molecule has 0 amide bonds. The van der Waals surface area contributed by atoms with Gasteiger partial charge in [0, 0.05) is 5.41 Å². The van der Waals surface area contributed by atoms with Gasteiger partial charge in [0.1, 0.15) is 5.92 Å². The normalized spacial score (nSPS) is 20.1. The number of carbonyl (C=O) groups is 2. The summed E-state index contributed by atoms with van der Waals surface area (Å²) in [5.41, 5.74) is -0.506. The van der Waals surface area contributed by atoms with Gasteiger partial charge in [-0.2, -0.15) is 0 Å². The summed E-state index contributed by atoms with van der Waals surface area (Å²) in [6, 6.07) is 0.